The normalized spacial score (nSPS) is 12.6. The molecule has 0 aliphatic heterocycles. The summed E-state index contributed by atoms with van der Waals surface area (Å²) in [6, 6.07) is 3.49. The summed E-state index contributed by atoms with van der Waals surface area (Å²) in [4.78, 5) is 3.23. The van der Waals surface area contributed by atoms with E-state index in [1.165, 1.54) is 6.33 Å². The zero-order chi connectivity index (χ0) is 14.8. The van der Waals surface area contributed by atoms with E-state index in [0.29, 0.717) is 6.07 Å². The first-order valence-electron chi connectivity index (χ1n) is 5.30. The van der Waals surface area contributed by atoms with Gasteiger partial charge < -0.3 is 0 Å². The Morgan fingerprint density at radius 3 is 2.65 bits per heavy atom. The third-order valence-corrected chi connectivity index (χ3v) is 3.77. The van der Waals surface area contributed by atoms with Gasteiger partial charge in [-0.25, -0.2) is 18.1 Å². The fourth-order valence-corrected chi connectivity index (χ4v) is 2.44. The second-order valence-corrected chi connectivity index (χ2v) is 5.55. The molecule has 0 aliphatic carbocycles. The highest BCUT2D eigenvalue weighted by atomic mass is 32.2. The lowest BCUT2D eigenvalue weighted by atomic mass is 10.2. The van der Waals surface area contributed by atoms with Crippen LogP contribution in [0.2, 0.25) is 0 Å². The molecule has 0 saturated carbocycles. The molecular formula is C10H9F3N4O2S. The molecule has 2 N–H and O–H groups in total. The van der Waals surface area contributed by atoms with Gasteiger partial charge >= 0.3 is 6.18 Å². The number of H-pyrrole nitrogens is 1. The van der Waals surface area contributed by atoms with Crippen molar-refractivity contribution in [2.75, 3.05) is 0 Å². The molecule has 10 heteroatoms. The van der Waals surface area contributed by atoms with Crippen LogP contribution in [0, 0.1) is 0 Å². The zero-order valence-corrected chi connectivity index (χ0v) is 10.7. The maximum Gasteiger partial charge on any atom is 0.416 e. The molecule has 0 unspecified atom stereocenters. The Labute approximate surface area is 112 Å². The van der Waals surface area contributed by atoms with E-state index in [0.717, 1.165) is 18.2 Å². The van der Waals surface area contributed by atoms with Crippen LogP contribution in [0.1, 0.15) is 11.4 Å². The van der Waals surface area contributed by atoms with Crippen LogP contribution in [0.15, 0.2) is 35.5 Å². The minimum atomic E-state index is -4.60. The van der Waals surface area contributed by atoms with Crippen molar-refractivity contribution in [2.24, 2.45) is 0 Å². The van der Waals surface area contributed by atoms with Gasteiger partial charge in [0, 0.05) is 0 Å². The Kier molecular flexibility index (Phi) is 3.77. The molecule has 0 atom stereocenters. The van der Waals surface area contributed by atoms with Crippen molar-refractivity contribution in [1.29, 1.82) is 0 Å². The summed E-state index contributed by atoms with van der Waals surface area (Å²) in [7, 11) is -4.06. The number of hydrogen-bond acceptors (Lipinski definition) is 4. The van der Waals surface area contributed by atoms with Gasteiger partial charge in [0.1, 0.15) is 12.2 Å². The second-order valence-electron chi connectivity index (χ2n) is 3.78. The van der Waals surface area contributed by atoms with Crippen molar-refractivity contribution >= 4 is 10.0 Å². The fourth-order valence-electron chi connectivity index (χ4n) is 1.40. The molecule has 0 radical (unpaired) electrons. The first kappa shape index (κ1) is 14.5. The highest BCUT2D eigenvalue weighted by molar-refractivity contribution is 7.89. The Hall–Kier alpha value is -1.94. The second kappa shape index (κ2) is 5.21. The average molecular weight is 306 g/mol. The van der Waals surface area contributed by atoms with Crippen molar-refractivity contribution in [3.05, 3.63) is 42.0 Å². The van der Waals surface area contributed by atoms with Crippen molar-refractivity contribution in [3.63, 3.8) is 0 Å². The van der Waals surface area contributed by atoms with E-state index < -0.39 is 26.7 Å². The minimum absolute atomic E-state index is 0.196. The van der Waals surface area contributed by atoms with Gasteiger partial charge in [-0.3, -0.25) is 5.10 Å². The maximum absolute atomic E-state index is 12.5. The van der Waals surface area contributed by atoms with Crippen LogP contribution in [-0.2, 0) is 22.7 Å². The predicted molar refractivity (Wildman–Crippen MR) is 61.9 cm³/mol. The molecule has 108 valence electrons. The summed E-state index contributed by atoms with van der Waals surface area (Å²) < 4.78 is 63.4. The molecule has 0 fully saturated rings. The summed E-state index contributed by atoms with van der Waals surface area (Å²) in [5, 5.41) is 5.95. The third-order valence-electron chi connectivity index (χ3n) is 2.37. The van der Waals surface area contributed by atoms with Gasteiger partial charge in [-0.15, -0.1) is 0 Å². The first-order chi connectivity index (χ1) is 9.29. The van der Waals surface area contributed by atoms with Gasteiger partial charge in [0.2, 0.25) is 10.0 Å². The summed E-state index contributed by atoms with van der Waals surface area (Å²) >= 11 is 0. The molecular weight excluding hydrogens is 297 g/mol. The number of sulfonamides is 1. The maximum atomic E-state index is 12.5. The Morgan fingerprint density at radius 1 is 1.30 bits per heavy atom. The summed E-state index contributed by atoms with van der Waals surface area (Å²) in [6.45, 7) is -0.196. The SMILES string of the molecule is O=S(=O)(NCc1ncn[nH]1)c1cccc(C(F)(F)F)c1. The van der Waals surface area contributed by atoms with Crippen molar-refractivity contribution in [1.82, 2.24) is 19.9 Å². The van der Waals surface area contributed by atoms with E-state index in [2.05, 4.69) is 19.9 Å². The molecule has 1 heterocycles. The lowest BCUT2D eigenvalue weighted by Gasteiger charge is -2.09. The highest BCUT2D eigenvalue weighted by Crippen LogP contribution is 2.30. The van der Waals surface area contributed by atoms with Gasteiger partial charge in [0.25, 0.3) is 0 Å². The van der Waals surface area contributed by atoms with Crippen LogP contribution < -0.4 is 4.72 Å². The van der Waals surface area contributed by atoms with Crippen LogP contribution >= 0.6 is 0 Å². The summed E-state index contributed by atoms with van der Waals surface area (Å²) in [6.07, 6.45) is -3.41. The monoisotopic (exact) mass is 306 g/mol. The van der Waals surface area contributed by atoms with Gasteiger partial charge in [-0.2, -0.15) is 18.3 Å². The molecule has 0 bridgehead atoms. The quantitative estimate of drug-likeness (QED) is 0.891. The van der Waals surface area contributed by atoms with Gasteiger partial charge in [-0.05, 0) is 18.2 Å². The highest BCUT2D eigenvalue weighted by Gasteiger charge is 2.31. The number of rotatable bonds is 4. The molecule has 0 spiro atoms. The molecule has 2 aromatic rings. The molecule has 1 aromatic heterocycles. The lowest BCUT2D eigenvalue weighted by Crippen LogP contribution is -2.24. The molecule has 1 aromatic carbocycles. The zero-order valence-electron chi connectivity index (χ0n) is 9.85. The van der Waals surface area contributed by atoms with Crippen LogP contribution in [-0.4, -0.2) is 23.6 Å². The third kappa shape index (κ3) is 3.33. The molecule has 0 saturated heterocycles. The number of alkyl halides is 3. The Morgan fingerprint density at radius 2 is 2.05 bits per heavy atom. The van der Waals surface area contributed by atoms with E-state index in [4.69, 9.17) is 0 Å². The van der Waals surface area contributed by atoms with Crippen molar-refractivity contribution < 1.29 is 21.6 Å². The topological polar surface area (TPSA) is 87.7 Å². The molecule has 6 nitrogen and oxygen atoms in total. The summed E-state index contributed by atoms with van der Waals surface area (Å²) in [5.41, 5.74) is -1.03. The van der Waals surface area contributed by atoms with Gasteiger partial charge in [0.15, 0.2) is 0 Å². The van der Waals surface area contributed by atoms with Crippen molar-refractivity contribution in [2.45, 2.75) is 17.6 Å². The first-order valence-corrected chi connectivity index (χ1v) is 6.78. The average Bonchev–Trinajstić information content (AvgIpc) is 2.89. The van der Waals surface area contributed by atoms with E-state index >= 15 is 0 Å². The van der Waals surface area contributed by atoms with Crippen LogP contribution in [0.4, 0.5) is 13.2 Å². The van der Waals surface area contributed by atoms with Crippen LogP contribution in [0.25, 0.3) is 0 Å². The number of aromatic amines is 1. The largest absolute Gasteiger partial charge is 0.416 e. The molecule has 2 rings (SSSR count). The number of benzene rings is 1. The van der Waals surface area contributed by atoms with E-state index in [1.54, 1.807) is 0 Å². The van der Waals surface area contributed by atoms with E-state index in [1.807, 2.05) is 0 Å². The Balaban J connectivity index is 2.21. The molecule has 0 amide bonds. The predicted octanol–water partition coefficient (Wildman–Crippen LogP) is 1.30. The minimum Gasteiger partial charge on any atom is -0.262 e. The van der Waals surface area contributed by atoms with E-state index in [9.17, 15) is 21.6 Å². The van der Waals surface area contributed by atoms with E-state index in [-0.39, 0.29) is 12.4 Å². The van der Waals surface area contributed by atoms with Crippen molar-refractivity contribution in [3.8, 4) is 0 Å². The fraction of sp³-hybridized carbons (Fsp3) is 0.200. The van der Waals surface area contributed by atoms with Gasteiger partial charge in [-0.1, -0.05) is 6.07 Å². The summed E-state index contributed by atoms with van der Waals surface area (Å²) in [5.74, 6) is 0.251. The standard InChI is InChI=1S/C10H9F3N4O2S/c11-10(12,13)7-2-1-3-8(4-7)20(18,19)16-5-9-14-6-15-17-9/h1-4,6,16H,5H2,(H,14,15,17). The number of hydrogen-bond donors (Lipinski definition) is 2. The number of halogens is 3. The van der Waals surface area contributed by atoms with Gasteiger partial charge in [0.05, 0.1) is 17.0 Å². The number of nitrogens with zero attached hydrogens (tertiary/aromatic N) is 2. The Bertz CT molecular complexity index is 683. The molecule has 20 heavy (non-hydrogen) atoms. The number of aromatic nitrogens is 3. The van der Waals surface area contributed by atoms with Crippen LogP contribution in [0.3, 0.4) is 0 Å². The smallest absolute Gasteiger partial charge is 0.262 e. The van der Waals surface area contributed by atoms with Crippen LogP contribution in [0.5, 0.6) is 0 Å². The molecule has 0 aliphatic rings. The number of nitrogens with one attached hydrogen (secondary N) is 2. The lowest BCUT2D eigenvalue weighted by molar-refractivity contribution is -0.137.